The molecule has 4 heteroatoms. The van der Waals surface area contributed by atoms with Crippen molar-refractivity contribution in [3.8, 4) is 0 Å². The Morgan fingerprint density at radius 1 is 1.35 bits per heavy atom. The van der Waals surface area contributed by atoms with Crippen LogP contribution >= 0.6 is 0 Å². The maximum absolute atomic E-state index is 5.59. The Kier molecular flexibility index (Phi) is 4.79. The fourth-order valence-electron chi connectivity index (χ4n) is 3.16. The Labute approximate surface area is 105 Å². The molecule has 4 nitrogen and oxygen atoms in total. The molecule has 0 aromatic rings. The van der Waals surface area contributed by atoms with E-state index < -0.39 is 0 Å². The van der Waals surface area contributed by atoms with Crippen LogP contribution in [-0.2, 0) is 4.74 Å². The number of likely N-dealkylation sites (N-methyl/N-ethyl adjacent to an activating group) is 2. The van der Waals surface area contributed by atoms with Crippen LogP contribution < -0.4 is 5.32 Å². The van der Waals surface area contributed by atoms with Crippen molar-refractivity contribution in [3.05, 3.63) is 0 Å². The Morgan fingerprint density at radius 3 is 2.88 bits per heavy atom. The summed E-state index contributed by atoms with van der Waals surface area (Å²) in [5.41, 5.74) is 0. The van der Waals surface area contributed by atoms with Crippen LogP contribution in [0.15, 0.2) is 0 Å². The predicted octanol–water partition coefficient (Wildman–Crippen LogP) is 0.247. The summed E-state index contributed by atoms with van der Waals surface area (Å²) >= 11 is 0. The van der Waals surface area contributed by atoms with E-state index in [1.54, 1.807) is 0 Å². The maximum atomic E-state index is 5.59. The number of ether oxygens (including phenoxy) is 1. The molecule has 2 rings (SSSR count). The highest BCUT2D eigenvalue weighted by molar-refractivity contribution is 4.88. The molecule has 0 aromatic carbocycles. The summed E-state index contributed by atoms with van der Waals surface area (Å²) in [5.74, 6) is 0.669. The average Bonchev–Trinajstić information content (AvgIpc) is 2.88. The molecule has 0 aliphatic carbocycles. The normalized spacial score (nSPS) is 34.9. The van der Waals surface area contributed by atoms with E-state index >= 15 is 0 Å². The topological polar surface area (TPSA) is 27.7 Å². The first-order valence-corrected chi connectivity index (χ1v) is 6.84. The summed E-state index contributed by atoms with van der Waals surface area (Å²) in [6.45, 7) is 5.47. The van der Waals surface area contributed by atoms with Crippen LogP contribution in [0.1, 0.15) is 12.8 Å². The van der Waals surface area contributed by atoms with Crippen molar-refractivity contribution < 1.29 is 4.74 Å². The molecule has 1 N–H and O–H groups in total. The van der Waals surface area contributed by atoms with Crippen LogP contribution in [0.5, 0.6) is 0 Å². The number of hydrogen-bond acceptors (Lipinski definition) is 4. The van der Waals surface area contributed by atoms with Gasteiger partial charge in [-0.1, -0.05) is 0 Å². The van der Waals surface area contributed by atoms with Gasteiger partial charge >= 0.3 is 0 Å². The summed E-state index contributed by atoms with van der Waals surface area (Å²) in [5, 5.41) is 3.38. The van der Waals surface area contributed by atoms with Crippen LogP contribution in [0.4, 0.5) is 0 Å². The van der Waals surface area contributed by atoms with E-state index in [2.05, 4.69) is 29.2 Å². The van der Waals surface area contributed by atoms with Gasteiger partial charge in [-0.2, -0.15) is 0 Å². The Hall–Kier alpha value is -0.160. The van der Waals surface area contributed by atoms with Gasteiger partial charge in [0.1, 0.15) is 0 Å². The third-order valence-electron chi connectivity index (χ3n) is 4.11. The van der Waals surface area contributed by atoms with E-state index in [1.807, 2.05) is 7.05 Å². The van der Waals surface area contributed by atoms with Gasteiger partial charge in [0.05, 0.1) is 13.2 Å². The fraction of sp³-hybridized carbons (Fsp3) is 1.00. The zero-order valence-electron chi connectivity index (χ0n) is 11.5. The average molecular weight is 241 g/mol. The van der Waals surface area contributed by atoms with Crippen molar-refractivity contribution in [2.45, 2.75) is 24.9 Å². The van der Waals surface area contributed by atoms with Crippen LogP contribution in [0.25, 0.3) is 0 Å². The summed E-state index contributed by atoms with van der Waals surface area (Å²) in [6.07, 6.45) is 2.71. The molecule has 0 aromatic heterocycles. The number of rotatable bonds is 5. The molecule has 2 heterocycles. The zero-order valence-corrected chi connectivity index (χ0v) is 11.5. The molecule has 2 fully saturated rings. The molecule has 0 radical (unpaired) electrons. The second kappa shape index (κ2) is 6.14. The first-order chi connectivity index (χ1) is 8.20. The minimum Gasteiger partial charge on any atom is -0.379 e. The van der Waals surface area contributed by atoms with Gasteiger partial charge in [-0.25, -0.2) is 0 Å². The molecular formula is C13H27N3O. The van der Waals surface area contributed by atoms with Crippen LogP contribution in [0, 0.1) is 5.92 Å². The highest BCUT2D eigenvalue weighted by Crippen LogP contribution is 2.22. The summed E-state index contributed by atoms with van der Waals surface area (Å²) < 4.78 is 5.59. The van der Waals surface area contributed by atoms with Gasteiger partial charge in [0.25, 0.3) is 0 Å². The lowest BCUT2D eigenvalue weighted by Gasteiger charge is -2.30. The third-order valence-corrected chi connectivity index (χ3v) is 4.11. The third kappa shape index (κ3) is 3.41. The lowest BCUT2D eigenvalue weighted by molar-refractivity contribution is 0.152. The molecule has 2 saturated heterocycles. The van der Waals surface area contributed by atoms with Crippen molar-refractivity contribution in [1.82, 2.24) is 15.1 Å². The lowest BCUT2D eigenvalue weighted by Crippen LogP contribution is -2.44. The molecule has 0 amide bonds. The number of likely N-dealkylation sites (tertiary alicyclic amines) is 1. The van der Waals surface area contributed by atoms with Gasteiger partial charge in [0.2, 0.25) is 0 Å². The SMILES string of the molecule is CNC1COCC1CN1CCCC1CN(C)C. The second-order valence-electron chi connectivity index (χ2n) is 5.75. The van der Waals surface area contributed by atoms with E-state index in [9.17, 15) is 0 Å². The van der Waals surface area contributed by atoms with Gasteiger partial charge in [-0.3, -0.25) is 4.90 Å². The Bertz CT molecular complexity index is 235. The quantitative estimate of drug-likeness (QED) is 0.746. The second-order valence-corrected chi connectivity index (χ2v) is 5.75. The van der Waals surface area contributed by atoms with E-state index in [0.29, 0.717) is 12.0 Å². The molecule has 17 heavy (non-hydrogen) atoms. The fourth-order valence-corrected chi connectivity index (χ4v) is 3.16. The van der Waals surface area contributed by atoms with Crippen LogP contribution in [0.3, 0.4) is 0 Å². The molecule has 2 aliphatic rings. The molecule has 2 aliphatic heterocycles. The van der Waals surface area contributed by atoms with Gasteiger partial charge in [-0.05, 0) is 40.5 Å². The van der Waals surface area contributed by atoms with E-state index in [0.717, 1.165) is 19.3 Å². The van der Waals surface area contributed by atoms with Gasteiger partial charge in [-0.15, -0.1) is 0 Å². The highest BCUT2D eigenvalue weighted by Gasteiger charge is 2.32. The van der Waals surface area contributed by atoms with Crippen LogP contribution in [-0.4, -0.2) is 75.9 Å². The van der Waals surface area contributed by atoms with Crippen molar-refractivity contribution in [2.24, 2.45) is 5.92 Å². The highest BCUT2D eigenvalue weighted by atomic mass is 16.5. The minimum atomic E-state index is 0.551. The lowest BCUT2D eigenvalue weighted by atomic mass is 10.0. The number of hydrogen-bond donors (Lipinski definition) is 1. The van der Waals surface area contributed by atoms with Crippen molar-refractivity contribution >= 4 is 0 Å². The summed E-state index contributed by atoms with van der Waals surface area (Å²) in [6, 6.07) is 1.30. The first-order valence-electron chi connectivity index (χ1n) is 6.84. The van der Waals surface area contributed by atoms with Gasteiger partial charge in [0.15, 0.2) is 0 Å². The molecule has 3 atom stereocenters. The van der Waals surface area contributed by atoms with E-state index in [-0.39, 0.29) is 0 Å². The Balaban J connectivity index is 1.84. The van der Waals surface area contributed by atoms with E-state index in [4.69, 9.17) is 4.74 Å². The largest absolute Gasteiger partial charge is 0.379 e. The van der Waals surface area contributed by atoms with Crippen molar-refractivity contribution in [1.29, 1.82) is 0 Å². The summed E-state index contributed by atoms with van der Waals surface area (Å²) in [7, 11) is 6.39. The van der Waals surface area contributed by atoms with Crippen molar-refractivity contribution in [2.75, 3.05) is 54.0 Å². The summed E-state index contributed by atoms with van der Waals surface area (Å²) in [4.78, 5) is 4.98. The van der Waals surface area contributed by atoms with Gasteiger partial charge < -0.3 is 15.0 Å². The molecule has 0 spiro atoms. The molecular weight excluding hydrogens is 214 g/mol. The molecule has 3 unspecified atom stereocenters. The molecule has 0 bridgehead atoms. The standard InChI is InChI=1S/C13H27N3O/c1-14-13-10-17-9-11(13)7-16-6-4-5-12(16)8-15(2)3/h11-14H,4-10H2,1-3H3. The van der Waals surface area contributed by atoms with Gasteiger partial charge in [0, 0.05) is 31.1 Å². The van der Waals surface area contributed by atoms with Crippen molar-refractivity contribution in [3.63, 3.8) is 0 Å². The smallest absolute Gasteiger partial charge is 0.0623 e. The Morgan fingerprint density at radius 2 is 2.18 bits per heavy atom. The minimum absolute atomic E-state index is 0.551. The van der Waals surface area contributed by atoms with E-state index in [1.165, 1.54) is 32.5 Å². The zero-order chi connectivity index (χ0) is 12.3. The first kappa shape index (κ1) is 13.3. The number of nitrogens with zero attached hydrogens (tertiary/aromatic N) is 2. The predicted molar refractivity (Wildman–Crippen MR) is 70.3 cm³/mol. The molecule has 0 saturated carbocycles. The molecule has 100 valence electrons. The maximum Gasteiger partial charge on any atom is 0.0623 e. The monoisotopic (exact) mass is 241 g/mol. The number of nitrogens with one attached hydrogen (secondary N) is 1. The van der Waals surface area contributed by atoms with Crippen LogP contribution in [0.2, 0.25) is 0 Å².